The van der Waals surface area contributed by atoms with Gasteiger partial charge in [-0.25, -0.2) is 0 Å². The van der Waals surface area contributed by atoms with Gasteiger partial charge in [-0.2, -0.15) is 0 Å². The monoisotopic (exact) mass is 344 g/mol. The fourth-order valence-electron chi connectivity index (χ4n) is 2.80. The maximum Gasteiger partial charge on any atom is 0.234 e. The largest absolute Gasteiger partial charge is 0.325 e. The Hall–Kier alpha value is -1.82. The summed E-state index contributed by atoms with van der Waals surface area (Å²) in [6.07, 6.45) is 2.39. The zero-order chi connectivity index (χ0) is 17.3. The van der Waals surface area contributed by atoms with E-state index in [1.54, 1.807) is 0 Å². The number of benzene rings is 1. The lowest BCUT2D eigenvalue weighted by Gasteiger charge is -2.16. The van der Waals surface area contributed by atoms with Crippen LogP contribution in [-0.4, -0.2) is 26.4 Å². The lowest BCUT2D eigenvalue weighted by Crippen LogP contribution is -2.17. The molecule has 1 aromatic carbocycles. The highest BCUT2D eigenvalue weighted by atomic mass is 32.2. The van der Waals surface area contributed by atoms with Crippen LogP contribution in [0.25, 0.3) is 0 Å². The molecule has 1 aliphatic carbocycles. The van der Waals surface area contributed by atoms with Crippen LogP contribution in [-0.2, 0) is 11.8 Å². The Balaban J connectivity index is 1.64. The van der Waals surface area contributed by atoms with Gasteiger partial charge >= 0.3 is 0 Å². The van der Waals surface area contributed by atoms with E-state index in [-0.39, 0.29) is 5.91 Å². The molecule has 0 unspecified atom stereocenters. The number of para-hydroxylation sites is 1. The summed E-state index contributed by atoms with van der Waals surface area (Å²) < 4.78 is 2.02. The van der Waals surface area contributed by atoms with Gasteiger partial charge < -0.3 is 9.88 Å². The molecule has 6 heteroatoms. The van der Waals surface area contributed by atoms with Crippen molar-refractivity contribution in [2.45, 2.75) is 50.6 Å². The summed E-state index contributed by atoms with van der Waals surface area (Å²) in [6, 6.07) is 6.14. The van der Waals surface area contributed by atoms with E-state index < -0.39 is 0 Å². The molecule has 24 heavy (non-hydrogen) atoms. The van der Waals surface area contributed by atoms with Crippen molar-refractivity contribution < 1.29 is 4.79 Å². The summed E-state index contributed by atoms with van der Waals surface area (Å²) in [5.74, 6) is 2.30. The number of carbonyl (C=O) groups excluding carboxylic acids is 1. The molecule has 5 nitrogen and oxygen atoms in total. The highest BCUT2D eigenvalue weighted by Gasteiger charge is 2.29. The van der Waals surface area contributed by atoms with E-state index in [2.05, 4.69) is 35.4 Å². The predicted molar refractivity (Wildman–Crippen MR) is 97.6 cm³/mol. The molecule has 1 saturated carbocycles. The average molecular weight is 344 g/mol. The van der Waals surface area contributed by atoms with Crippen LogP contribution in [0.15, 0.2) is 23.4 Å². The van der Waals surface area contributed by atoms with Crippen LogP contribution in [0, 0.1) is 6.92 Å². The van der Waals surface area contributed by atoms with Crippen LogP contribution < -0.4 is 5.32 Å². The summed E-state index contributed by atoms with van der Waals surface area (Å²) in [7, 11) is 1.98. The van der Waals surface area contributed by atoms with Gasteiger partial charge in [-0.3, -0.25) is 4.79 Å². The van der Waals surface area contributed by atoms with E-state index in [9.17, 15) is 4.79 Å². The highest BCUT2D eigenvalue weighted by molar-refractivity contribution is 7.99. The average Bonchev–Trinajstić information content (AvgIpc) is 3.31. The lowest BCUT2D eigenvalue weighted by molar-refractivity contribution is -0.113. The molecule has 1 aromatic heterocycles. The smallest absolute Gasteiger partial charge is 0.234 e. The number of anilines is 1. The van der Waals surface area contributed by atoms with Crippen LogP contribution in [0.3, 0.4) is 0 Å². The molecule has 1 heterocycles. The predicted octanol–water partition coefficient (Wildman–Crippen LogP) is 3.86. The van der Waals surface area contributed by atoms with Gasteiger partial charge in [0.1, 0.15) is 5.82 Å². The molecule has 2 aromatic rings. The Morgan fingerprint density at radius 1 is 1.38 bits per heavy atom. The molecule has 1 fully saturated rings. The zero-order valence-electron chi connectivity index (χ0n) is 14.7. The Morgan fingerprint density at radius 2 is 2.12 bits per heavy atom. The van der Waals surface area contributed by atoms with Gasteiger partial charge in [0.2, 0.25) is 5.91 Å². The second-order valence-electron chi connectivity index (χ2n) is 6.70. The van der Waals surface area contributed by atoms with E-state index in [1.165, 1.54) is 30.2 Å². The molecule has 128 valence electrons. The van der Waals surface area contributed by atoms with Crippen LogP contribution in [0.4, 0.5) is 5.69 Å². The fourth-order valence-corrected chi connectivity index (χ4v) is 3.51. The Kier molecular flexibility index (Phi) is 4.94. The molecule has 1 N–H and O–H groups in total. The maximum atomic E-state index is 12.4. The van der Waals surface area contributed by atoms with Crippen molar-refractivity contribution in [3.05, 3.63) is 35.2 Å². The molecule has 0 radical (unpaired) electrons. The van der Waals surface area contributed by atoms with Crippen molar-refractivity contribution in [1.82, 2.24) is 14.8 Å². The second kappa shape index (κ2) is 6.97. The third-order valence-electron chi connectivity index (χ3n) is 4.33. The number of carbonyl (C=O) groups is 1. The quantitative estimate of drug-likeness (QED) is 0.809. The maximum absolute atomic E-state index is 12.4. The number of amides is 1. The van der Waals surface area contributed by atoms with Crippen LogP contribution in [0.2, 0.25) is 0 Å². The number of nitrogens with zero attached hydrogens (tertiary/aromatic N) is 3. The van der Waals surface area contributed by atoms with Gasteiger partial charge in [0.15, 0.2) is 5.16 Å². The zero-order valence-corrected chi connectivity index (χ0v) is 15.5. The first kappa shape index (κ1) is 17.0. The minimum Gasteiger partial charge on any atom is -0.325 e. The topological polar surface area (TPSA) is 59.8 Å². The van der Waals surface area contributed by atoms with Gasteiger partial charge in [0, 0.05) is 18.7 Å². The molecule has 0 aliphatic heterocycles. The number of thioether (sulfide) groups is 1. The van der Waals surface area contributed by atoms with Gasteiger partial charge in [0.05, 0.1) is 5.75 Å². The molecule has 1 aliphatic rings. The summed E-state index contributed by atoms with van der Waals surface area (Å²) in [4.78, 5) is 12.4. The number of hydrogen-bond acceptors (Lipinski definition) is 4. The minimum atomic E-state index is -0.00725. The van der Waals surface area contributed by atoms with Gasteiger partial charge in [0.25, 0.3) is 0 Å². The van der Waals surface area contributed by atoms with Crippen LogP contribution >= 0.6 is 11.8 Å². The van der Waals surface area contributed by atoms with Gasteiger partial charge in [-0.15, -0.1) is 10.2 Å². The summed E-state index contributed by atoms with van der Waals surface area (Å²) >= 11 is 1.44. The highest BCUT2D eigenvalue weighted by Crippen LogP contribution is 2.39. The first-order valence-corrected chi connectivity index (χ1v) is 9.37. The van der Waals surface area contributed by atoms with E-state index >= 15 is 0 Å². The standard InChI is InChI=1S/C18H24N4OS/c1-11(2)14-7-5-6-12(3)16(14)19-15(23)10-24-18-21-20-17(22(18)4)13-8-9-13/h5-7,11,13H,8-10H2,1-4H3,(H,19,23). The minimum absolute atomic E-state index is 0.00725. The fraction of sp³-hybridized carbons (Fsp3) is 0.500. The molecule has 0 spiro atoms. The van der Waals surface area contributed by atoms with Crippen molar-refractivity contribution in [2.24, 2.45) is 7.05 Å². The van der Waals surface area contributed by atoms with E-state index in [0.717, 1.165) is 22.2 Å². The number of rotatable bonds is 6. The van der Waals surface area contributed by atoms with Crippen LogP contribution in [0.1, 0.15) is 55.5 Å². The second-order valence-corrected chi connectivity index (χ2v) is 7.65. The molecule has 0 bridgehead atoms. The Bertz CT molecular complexity index is 749. The van der Waals surface area contributed by atoms with Crippen molar-refractivity contribution in [1.29, 1.82) is 0 Å². The number of aromatic nitrogens is 3. The molecule has 1 amide bonds. The molecule has 3 rings (SSSR count). The van der Waals surface area contributed by atoms with Crippen molar-refractivity contribution >= 4 is 23.4 Å². The first-order chi connectivity index (χ1) is 11.5. The Labute approximate surface area is 147 Å². The van der Waals surface area contributed by atoms with Gasteiger partial charge in [-0.1, -0.05) is 43.8 Å². The number of aryl methyl sites for hydroxylation is 1. The molecular formula is C18H24N4OS. The lowest BCUT2D eigenvalue weighted by atomic mass is 9.98. The summed E-state index contributed by atoms with van der Waals surface area (Å²) in [6.45, 7) is 6.30. The van der Waals surface area contributed by atoms with E-state index in [0.29, 0.717) is 17.6 Å². The third kappa shape index (κ3) is 3.64. The Morgan fingerprint density at radius 3 is 2.79 bits per heavy atom. The normalized spacial score (nSPS) is 14.2. The third-order valence-corrected chi connectivity index (χ3v) is 5.36. The molecular weight excluding hydrogens is 320 g/mol. The van der Waals surface area contributed by atoms with E-state index in [1.807, 2.05) is 30.7 Å². The van der Waals surface area contributed by atoms with Crippen LogP contribution in [0.5, 0.6) is 0 Å². The SMILES string of the molecule is Cc1cccc(C(C)C)c1NC(=O)CSc1nnc(C2CC2)n1C. The number of nitrogens with one attached hydrogen (secondary N) is 1. The van der Waals surface area contributed by atoms with Crippen molar-refractivity contribution in [3.63, 3.8) is 0 Å². The first-order valence-electron chi connectivity index (χ1n) is 8.38. The molecule has 0 atom stereocenters. The molecule has 0 saturated heterocycles. The van der Waals surface area contributed by atoms with Gasteiger partial charge in [-0.05, 0) is 36.8 Å². The number of hydrogen-bond donors (Lipinski definition) is 1. The van der Waals surface area contributed by atoms with Crippen molar-refractivity contribution in [2.75, 3.05) is 11.1 Å². The van der Waals surface area contributed by atoms with E-state index in [4.69, 9.17) is 0 Å². The van der Waals surface area contributed by atoms with Crippen molar-refractivity contribution in [3.8, 4) is 0 Å². The summed E-state index contributed by atoms with van der Waals surface area (Å²) in [5.41, 5.74) is 3.20. The summed E-state index contributed by atoms with van der Waals surface area (Å²) in [5, 5.41) is 12.3.